The highest BCUT2D eigenvalue weighted by molar-refractivity contribution is 6.27. The first kappa shape index (κ1) is 27.6. The van der Waals surface area contributed by atoms with Gasteiger partial charge in [0.1, 0.15) is 22.3 Å². The molecule has 11 rings (SSSR count). The summed E-state index contributed by atoms with van der Waals surface area (Å²) in [5, 5.41) is 12.0. The number of hydrogen-bond donors (Lipinski definition) is 0. The van der Waals surface area contributed by atoms with E-state index in [1.54, 1.807) is 0 Å². The second kappa shape index (κ2) is 10.6. The maximum Gasteiger partial charge on any atom is 0.143 e. The molecular formula is C48H30O2. The first-order chi connectivity index (χ1) is 24.8. The highest BCUT2D eigenvalue weighted by Gasteiger charge is 2.21. The lowest BCUT2D eigenvalue weighted by molar-refractivity contribution is 0.670. The Hall–Kier alpha value is -6.38. The maximum absolute atomic E-state index is 6.68. The fraction of sp³-hybridized carbons (Fsp3) is 0.0417. The summed E-state index contributed by atoms with van der Waals surface area (Å²) in [6, 6.07) is 52.2. The summed E-state index contributed by atoms with van der Waals surface area (Å²) in [5.74, 6) is 0. The Labute approximate surface area is 287 Å². The van der Waals surface area contributed by atoms with Crippen LogP contribution in [0.5, 0.6) is 0 Å². The molecule has 0 aliphatic heterocycles. The molecule has 50 heavy (non-hydrogen) atoms. The Morgan fingerprint density at radius 1 is 0.360 bits per heavy atom. The highest BCUT2D eigenvalue weighted by Crippen LogP contribution is 2.44. The standard InChI is InChI=1S/C48H30O2/c1-2-12-30(13-3-1)44-33-15-4-6-17-35(33)45(36-18-7-5-16-34(36)44)31-24-22-29(23-25-31)40-28-41-37(46-39-19-9-11-21-43(39)50-48(40)46)26-27-38-32-14-8-10-20-42(32)49-47(38)41/h1-4,6,8-28H,5,7H2. The predicted molar refractivity (Wildman–Crippen MR) is 210 cm³/mol. The monoisotopic (exact) mass is 638 g/mol. The zero-order valence-electron chi connectivity index (χ0n) is 27.2. The van der Waals surface area contributed by atoms with Crippen molar-refractivity contribution in [1.29, 1.82) is 0 Å². The summed E-state index contributed by atoms with van der Waals surface area (Å²) in [7, 11) is 0. The average Bonchev–Trinajstić information content (AvgIpc) is 3.76. The number of rotatable bonds is 3. The molecule has 1 aliphatic rings. The minimum absolute atomic E-state index is 0.890. The molecule has 0 spiro atoms. The third-order valence-corrected chi connectivity index (χ3v) is 10.7. The molecule has 0 atom stereocenters. The fourth-order valence-corrected chi connectivity index (χ4v) is 8.50. The largest absolute Gasteiger partial charge is 0.455 e. The van der Waals surface area contributed by atoms with E-state index in [-0.39, 0.29) is 0 Å². The van der Waals surface area contributed by atoms with Crippen molar-refractivity contribution in [3.63, 3.8) is 0 Å². The van der Waals surface area contributed by atoms with Gasteiger partial charge in [0.25, 0.3) is 0 Å². The lowest BCUT2D eigenvalue weighted by atomic mass is 9.86. The predicted octanol–water partition coefficient (Wildman–Crippen LogP) is 12.1. The highest BCUT2D eigenvalue weighted by atomic mass is 16.3. The SMILES string of the molecule is C1=c2c(-c3ccccc3)c3ccccc3c(-c3ccc(-c4cc5c(ccc6c7ccccc7oc65)c5c4oc4ccccc45)cc3)c2=CCC1. The van der Waals surface area contributed by atoms with Gasteiger partial charge in [-0.2, -0.15) is 0 Å². The number of para-hydroxylation sites is 2. The number of hydrogen-bond acceptors (Lipinski definition) is 2. The van der Waals surface area contributed by atoms with Crippen molar-refractivity contribution in [2.45, 2.75) is 12.8 Å². The summed E-state index contributed by atoms with van der Waals surface area (Å²) in [6.45, 7) is 0. The van der Waals surface area contributed by atoms with Gasteiger partial charge in [-0.25, -0.2) is 0 Å². The van der Waals surface area contributed by atoms with Gasteiger partial charge in [-0.3, -0.25) is 0 Å². The molecule has 0 unspecified atom stereocenters. The van der Waals surface area contributed by atoms with E-state index in [1.807, 2.05) is 12.1 Å². The van der Waals surface area contributed by atoms with Crippen LogP contribution in [0.4, 0.5) is 0 Å². The van der Waals surface area contributed by atoms with E-state index in [2.05, 4.69) is 146 Å². The lowest BCUT2D eigenvalue weighted by Crippen LogP contribution is -2.31. The van der Waals surface area contributed by atoms with E-state index >= 15 is 0 Å². The van der Waals surface area contributed by atoms with Gasteiger partial charge in [0.05, 0.1) is 0 Å². The fourth-order valence-electron chi connectivity index (χ4n) is 8.50. The van der Waals surface area contributed by atoms with Gasteiger partial charge in [-0.1, -0.05) is 133 Å². The van der Waals surface area contributed by atoms with Crippen LogP contribution < -0.4 is 10.4 Å². The molecule has 2 nitrogen and oxygen atoms in total. The number of fused-ring (bicyclic) bond motifs is 11. The van der Waals surface area contributed by atoms with Crippen LogP contribution in [0, 0.1) is 0 Å². The maximum atomic E-state index is 6.68. The summed E-state index contributed by atoms with van der Waals surface area (Å²) in [4.78, 5) is 0. The van der Waals surface area contributed by atoms with Crippen LogP contribution in [0.25, 0.3) is 111 Å². The Morgan fingerprint density at radius 3 is 1.58 bits per heavy atom. The molecule has 0 amide bonds. The van der Waals surface area contributed by atoms with Gasteiger partial charge in [-0.05, 0) is 91.5 Å². The quantitative estimate of drug-likeness (QED) is 0.192. The van der Waals surface area contributed by atoms with Crippen LogP contribution in [0.3, 0.4) is 0 Å². The minimum atomic E-state index is 0.890. The normalized spacial score (nSPS) is 13.0. The molecule has 10 aromatic rings. The van der Waals surface area contributed by atoms with Crippen molar-refractivity contribution in [3.05, 3.63) is 156 Å². The Morgan fingerprint density at radius 2 is 0.880 bits per heavy atom. The van der Waals surface area contributed by atoms with E-state index in [1.165, 1.54) is 43.5 Å². The van der Waals surface area contributed by atoms with Crippen LogP contribution in [-0.4, -0.2) is 0 Å². The molecule has 0 fully saturated rings. The Kier molecular flexibility index (Phi) is 5.82. The smallest absolute Gasteiger partial charge is 0.143 e. The molecule has 0 N–H and O–H groups in total. The average molecular weight is 639 g/mol. The van der Waals surface area contributed by atoms with Crippen molar-refractivity contribution in [3.8, 4) is 33.4 Å². The minimum Gasteiger partial charge on any atom is -0.455 e. The van der Waals surface area contributed by atoms with Crippen LogP contribution in [0.1, 0.15) is 12.8 Å². The second-order valence-corrected chi connectivity index (χ2v) is 13.4. The molecule has 8 aromatic carbocycles. The molecule has 1 aliphatic carbocycles. The van der Waals surface area contributed by atoms with Gasteiger partial charge in [0, 0.05) is 32.5 Å². The molecule has 0 saturated heterocycles. The van der Waals surface area contributed by atoms with Gasteiger partial charge in [0.2, 0.25) is 0 Å². The third kappa shape index (κ3) is 3.90. The van der Waals surface area contributed by atoms with E-state index in [0.29, 0.717) is 0 Å². The van der Waals surface area contributed by atoms with Crippen molar-refractivity contribution in [2.75, 3.05) is 0 Å². The molecular weight excluding hydrogens is 609 g/mol. The van der Waals surface area contributed by atoms with Gasteiger partial charge < -0.3 is 8.83 Å². The van der Waals surface area contributed by atoms with Crippen LogP contribution in [-0.2, 0) is 0 Å². The van der Waals surface area contributed by atoms with E-state index in [0.717, 1.165) is 78.6 Å². The Bertz CT molecular complexity index is 3120. The summed E-state index contributed by atoms with van der Waals surface area (Å²) >= 11 is 0. The van der Waals surface area contributed by atoms with Crippen LogP contribution in [0.15, 0.2) is 154 Å². The summed E-state index contributed by atoms with van der Waals surface area (Å²) < 4.78 is 13.2. The third-order valence-electron chi connectivity index (χ3n) is 10.7. The first-order valence-corrected chi connectivity index (χ1v) is 17.4. The molecule has 0 saturated carbocycles. The Balaban J connectivity index is 1.17. The molecule has 2 aromatic heterocycles. The van der Waals surface area contributed by atoms with Crippen molar-refractivity contribution in [1.82, 2.24) is 0 Å². The number of benzene rings is 8. The summed E-state index contributed by atoms with van der Waals surface area (Å²) in [5.41, 5.74) is 10.9. The number of furan rings is 2. The van der Waals surface area contributed by atoms with Gasteiger partial charge in [-0.15, -0.1) is 0 Å². The van der Waals surface area contributed by atoms with Crippen LogP contribution in [0.2, 0.25) is 0 Å². The zero-order valence-corrected chi connectivity index (χ0v) is 27.2. The molecule has 2 heteroatoms. The summed E-state index contributed by atoms with van der Waals surface area (Å²) in [6.07, 6.45) is 6.98. The van der Waals surface area contributed by atoms with Gasteiger partial charge >= 0.3 is 0 Å². The first-order valence-electron chi connectivity index (χ1n) is 17.4. The second-order valence-electron chi connectivity index (χ2n) is 13.4. The van der Waals surface area contributed by atoms with Crippen molar-refractivity contribution >= 4 is 77.6 Å². The van der Waals surface area contributed by atoms with Gasteiger partial charge in [0.15, 0.2) is 0 Å². The zero-order chi connectivity index (χ0) is 32.8. The van der Waals surface area contributed by atoms with E-state index in [4.69, 9.17) is 8.83 Å². The topological polar surface area (TPSA) is 26.3 Å². The van der Waals surface area contributed by atoms with Crippen LogP contribution >= 0.6 is 0 Å². The van der Waals surface area contributed by atoms with E-state index < -0.39 is 0 Å². The molecule has 0 radical (unpaired) electrons. The van der Waals surface area contributed by atoms with E-state index in [9.17, 15) is 0 Å². The van der Waals surface area contributed by atoms with Crippen molar-refractivity contribution in [2.24, 2.45) is 0 Å². The molecule has 0 bridgehead atoms. The lowest BCUT2D eigenvalue weighted by Gasteiger charge is -2.18. The molecule has 234 valence electrons. The molecule has 2 heterocycles. The van der Waals surface area contributed by atoms with Crippen molar-refractivity contribution < 1.29 is 8.83 Å².